The summed E-state index contributed by atoms with van der Waals surface area (Å²) in [5, 5.41) is 18.7. The number of urea groups is 1. The summed E-state index contributed by atoms with van der Waals surface area (Å²) in [6.45, 7) is 2.15. The van der Waals surface area contributed by atoms with Crippen LogP contribution in [0.2, 0.25) is 0 Å². The summed E-state index contributed by atoms with van der Waals surface area (Å²) >= 11 is 0.971. The van der Waals surface area contributed by atoms with E-state index in [2.05, 4.69) is 20.1 Å². The lowest BCUT2D eigenvalue weighted by molar-refractivity contribution is -0.142. The lowest BCUT2D eigenvalue weighted by atomic mass is 10.0. The maximum absolute atomic E-state index is 11.8. The monoisotopic (exact) mass is 257 g/mol. The molecule has 8 nitrogen and oxygen atoms in total. The number of anilines is 1. The molecule has 1 fully saturated rings. The lowest BCUT2D eigenvalue weighted by Crippen LogP contribution is -2.40. The summed E-state index contributed by atoms with van der Waals surface area (Å²) in [7, 11) is 0. The summed E-state index contributed by atoms with van der Waals surface area (Å²) in [4.78, 5) is 24.2. The van der Waals surface area contributed by atoms with Gasteiger partial charge in [0, 0.05) is 24.1 Å². The van der Waals surface area contributed by atoms with Gasteiger partial charge in [-0.3, -0.25) is 10.1 Å². The molecule has 0 radical (unpaired) electrons. The van der Waals surface area contributed by atoms with E-state index in [1.807, 2.05) is 0 Å². The van der Waals surface area contributed by atoms with Crippen molar-refractivity contribution in [2.24, 2.45) is 5.92 Å². The third-order valence-corrected chi connectivity index (χ3v) is 3.36. The summed E-state index contributed by atoms with van der Waals surface area (Å²) in [6.07, 6.45) is 0.471. The van der Waals surface area contributed by atoms with E-state index in [-0.39, 0.29) is 12.1 Å². The molecule has 1 saturated heterocycles. The molecular formula is C8H11N5O3S. The molecule has 1 aliphatic rings. The van der Waals surface area contributed by atoms with Crippen molar-refractivity contribution in [3.63, 3.8) is 0 Å². The first-order valence-corrected chi connectivity index (χ1v) is 5.82. The molecule has 2 rings (SSSR count). The molecule has 2 amide bonds. The smallest absolute Gasteiger partial charge is 0.323 e. The van der Waals surface area contributed by atoms with Crippen molar-refractivity contribution in [3.05, 3.63) is 0 Å². The zero-order chi connectivity index (χ0) is 12.4. The molecule has 17 heavy (non-hydrogen) atoms. The maximum atomic E-state index is 11.8. The molecule has 9 heteroatoms. The summed E-state index contributed by atoms with van der Waals surface area (Å²) in [5.41, 5.74) is 0. The number of carboxylic acids is 1. The van der Waals surface area contributed by atoms with Crippen molar-refractivity contribution in [1.82, 2.24) is 19.7 Å². The minimum atomic E-state index is -0.870. The number of likely N-dealkylation sites (tertiary alicyclic amines) is 1. The van der Waals surface area contributed by atoms with E-state index in [1.165, 1.54) is 4.90 Å². The highest BCUT2D eigenvalue weighted by Crippen LogP contribution is 2.25. The maximum Gasteiger partial charge on any atom is 0.323 e. The predicted octanol–water partition coefficient (Wildman–Crippen LogP) is 0.260. The Morgan fingerprint density at radius 2 is 2.35 bits per heavy atom. The molecule has 1 aromatic heterocycles. The topological polar surface area (TPSA) is 108 Å². The molecule has 1 aliphatic heterocycles. The van der Waals surface area contributed by atoms with Crippen LogP contribution in [0.15, 0.2) is 0 Å². The van der Waals surface area contributed by atoms with E-state index in [0.29, 0.717) is 18.1 Å². The Morgan fingerprint density at radius 1 is 1.59 bits per heavy atom. The predicted molar refractivity (Wildman–Crippen MR) is 58.6 cm³/mol. The minimum absolute atomic E-state index is 0.306. The van der Waals surface area contributed by atoms with Crippen LogP contribution in [-0.4, -0.2) is 49.4 Å². The van der Waals surface area contributed by atoms with Gasteiger partial charge in [-0.1, -0.05) is 9.59 Å². The number of amides is 2. The van der Waals surface area contributed by atoms with Gasteiger partial charge in [0.05, 0.1) is 5.92 Å². The normalized spacial score (nSPS) is 23.7. The SMILES string of the molecule is CC1C(C(=O)O)CCN1C(=O)Nc1nnns1. The molecule has 0 spiro atoms. The molecule has 92 valence electrons. The van der Waals surface area contributed by atoms with Crippen LogP contribution < -0.4 is 5.32 Å². The molecule has 2 unspecified atom stereocenters. The average molecular weight is 257 g/mol. The number of carbonyl (C=O) groups is 2. The van der Waals surface area contributed by atoms with Crippen LogP contribution in [0.5, 0.6) is 0 Å². The Balaban J connectivity index is 1.99. The molecule has 0 aromatic carbocycles. The first-order chi connectivity index (χ1) is 8.09. The van der Waals surface area contributed by atoms with Gasteiger partial charge in [0.15, 0.2) is 0 Å². The second kappa shape index (κ2) is 4.62. The van der Waals surface area contributed by atoms with Crippen LogP contribution in [0.1, 0.15) is 13.3 Å². The van der Waals surface area contributed by atoms with Crippen LogP contribution in [0.3, 0.4) is 0 Å². The third kappa shape index (κ3) is 2.33. The van der Waals surface area contributed by atoms with Gasteiger partial charge in [0.1, 0.15) is 0 Å². The van der Waals surface area contributed by atoms with E-state index in [9.17, 15) is 9.59 Å². The quantitative estimate of drug-likeness (QED) is 0.786. The number of hydrogen-bond donors (Lipinski definition) is 2. The Bertz CT molecular complexity index is 423. The van der Waals surface area contributed by atoms with Gasteiger partial charge in [-0.2, -0.15) is 0 Å². The summed E-state index contributed by atoms with van der Waals surface area (Å²) in [6, 6.07) is -0.687. The standard InChI is InChI=1S/C8H11N5O3S/c1-4-5(6(14)15)2-3-13(4)8(16)9-7-10-11-12-17-7/h4-5H,2-3H2,1H3,(H,14,15)(H,9,10,12,16). The number of aliphatic carboxylic acids is 1. The zero-order valence-corrected chi connectivity index (χ0v) is 9.85. The van der Waals surface area contributed by atoms with Crippen LogP contribution >= 0.6 is 11.5 Å². The summed E-state index contributed by atoms with van der Waals surface area (Å²) < 4.78 is 3.52. The number of rotatable bonds is 2. The van der Waals surface area contributed by atoms with E-state index < -0.39 is 11.9 Å². The highest BCUT2D eigenvalue weighted by atomic mass is 32.1. The van der Waals surface area contributed by atoms with E-state index in [0.717, 1.165) is 11.5 Å². The first kappa shape index (κ1) is 11.7. The third-order valence-electron chi connectivity index (χ3n) is 2.85. The van der Waals surface area contributed by atoms with Crippen LogP contribution in [0, 0.1) is 5.92 Å². The second-order valence-electron chi connectivity index (χ2n) is 3.77. The van der Waals surface area contributed by atoms with Crippen molar-refractivity contribution in [1.29, 1.82) is 0 Å². The Hall–Kier alpha value is -1.77. The van der Waals surface area contributed by atoms with Gasteiger partial charge in [-0.05, 0) is 18.6 Å². The molecular weight excluding hydrogens is 246 g/mol. The van der Waals surface area contributed by atoms with Crippen molar-refractivity contribution in [2.75, 3.05) is 11.9 Å². The minimum Gasteiger partial charge on any atom is -0.481 e. The fourth-order valence-electron chi connectivity index (χ4n) is 1.90. The van der Waals surface area contributed by atoms with Crippen LogP contribution in [0.4, 0.5) is 9.93 Å². The highest BCUT2D eigenvalue weighted by Gasteiger charge is 2.38. The van der Waals surface area contributed by atoms with Crippen LogP contribution in [0.25, 0.3) is 0 Å². The number of nitrogens with zero attached hydrogens (tertiary/aromatic N) is 4. The van der Waals surface area contributed by atoms with E-state index in [1.54, 1.807) is 6.92 Å². The molecule has 2 heterocycles. The van der Waals surface area contributed by atoms with Gasteiger partial charge < -0.3 is 10.0 Å². The van der Waals surface area contributed by atoms with Crippen molar-refractivity contribution >= 4 is 28.7 Å². The van der Waals surface area contributed by atoms with Gasteiger partial charge in [0.25, 0.3) is 0 Å². The number of carboxylic acid groups (broad SMARTS) is 1. The molecule has 0 aliphatic carbocycles. The van der Waals surface area contributed by atoms with Crippen molar-refractivity contribution < 1.29 is 14.7 Å². The summed E-state index contributed by atoms with van der Waals surface area (Å²) in [5.74, 6) is -1.38. The van der Waals surface area contributed by atoms with E-state index in [4.69, 9.17) is 5.11 Å². The van der Waals surface area contributed by atoms with Gasteiger partial charge >= 0.3 is 12.0 Å². The molecule has 1 aromatic rings. The van der Waals surface area contributed by atoms with Crippen molar-refractivity contribution in [3.8, 4) is 0 Å². The van der Waals surface area contributed by atoms with Crippen molar-refractivity contribution in [2.45, 2.75) is 19.4 Å². The number of hydrogen-bond acceptors (Lipinski definition) is 6. The number of nitrogens with one attached hydrogen (secondary N) is 1. The van der Waals surface area contributed by atoms with E-state index >= 15 is 0 Å². The largest absolute Gasteiger partial charge is 0.481 e. The van der Waals surface area contributed by atoms with Gasteiger partial charge in [-0.25, -0.2) is 4.79 Å². The second-order valence-corrected chi connectivity index (χ2v) is 4.50. The molecule has 2 atom stereocenters. The highest BCUT2D eigenvalue weighted by molar-refractivity contribution is 7.09. The van der Waals surface area contributed by atoms with Gasteiger partial charge in [0.2, 0.25) is 5.13 Å². The Morgan fingerprint density at radius 3 is 2.88 bits per heavy atom. The molecule has 2 N–H and O–H groups in total. The number of carbonyl (C=O) groups excluding carboxylic acids is 1. The zero-order valence-electron chi connectivity index (χ0n) is 9.03. The molecule has 0 bridgehead atoms. The Labute approximate surface area is 101 Å². The lowest BCUT2D eigenvalue weighted by Gasteiger charge is -2.22. The van der Waals surface area contributed by atoms with Gasteiger partial charge in [-0.15, -0.1) is 0 Å². The fraction of sp³-hybridized carbons (Fsp3) is 0.625. The molecule has 0 saturated carbocycles. The van der Waals surface area contributed by atoms with Crippen LogP contribution in [-0.2, 0) is 4.79 Å². The fourth-order valence-corrected chi connectivity index (χ4v) is 2.26. The Kier molecular flexibility index (Phi) is 3.18. The first-order valence-electron chi connectivity index (χ1n) is 5.05. The number of aromatic nitrogens is 3. The average Bonchev–Trinajstić information content (AvgIpc) is 2.86.